The molecule has 5 heteroatoms. The van der Waals surface area contributed by atoms with E-state index in [2.05, 4.69) is 5.32 Å². The largest absolute Gasteiger partial charge is 0.497 e. The predicted octanol–water partition coefficient (Wildman–Crippen LogP) is 4.20. The molecule has 1 amide bonds. The number of hydrogen-bond donors (Lipinski definition) is 2. The molecule has 0 radical (unpaired) electrons. The predicted molar refractivity (Wildman–Crippen MR) is 117 cm³/mol. The SMILES string of the molecule is CCOc1ccc2ccccc2c1C(=O)NCC1(O)CCCc2cc(OC)ccc21. The van der Waals surface area contributed by atoms with E-state index in [-0.39, 0.29) is 12.5 Å². The van der Waals surface area contributed by atoms with Crippen LogP contribution in [0.3, 0.4) is 0 Å². The van der Waals surface area contributed by atoms with E-state index in [1.165, 1.54) is 0 Å². The van der Waals surface area contributed by atoms with E-state index < -0.39 is 5.60 Å². The average Bonchev–Trinajstić information content (AvgIpc) is 2.77. The van der Waals surface area contributed by atoms with Crippen LogP contribution in [0.25, 0.3) is 10.8 Å². The number of carbonyl (C=O) groups excluding carboxylic acids is 1. The molecule has 0 bridgehead atoms. The van der Waals surface area contributed by atoms with E-state index in [0.29, 0.717) is 24.3 Å². The first-order chi connectivity index (χ1) is 14.6. The number of rotatable bonds is 6. The van der Waals surface area contributed by atoms with Gasteiger partial charge in [0.25, 0.3) is 5.91 Å². The first kappa shape index (κ1) is 20.2. The Labute approximate surface area is 176 Å². The van der Waals surface area contributed by atoms with Crippen molar-refractivity contribution in [3.63, 3.8) is 0 Å². The second kappa shape index (κ2) is 8.36. The number of fused-ring (bicyclic) bond motifs is 2. The van der Waals surface area contributed by atoms with Crippen LogP contribution in [-0.4, -0.2) is 31.3 Å². The summed E-state index contributed by atoms with van der Waals surface area (Å²) >= 11 is 0. The number of hydrogen-bond acceptors (Lipinski definition) is 4. The lowest BCUT2D eigenvalue weighted by Gasteiger charge is -2.35. The molecular formula is C25H27NO4. The lowest BCUT2D eigenvalue weighted by molar-refractivity contribution is 0.0188. The van der Waals surface area contributed by atoms with Crippen molar-refractivity contribution in [2.24, 2.45) is 0 Å². The van der Waals surface area contributed by atoms with Gasteiger partial charge in [-0.1, -0.05) is 36.4 Å². The third kappa shape index (κ3) is 3.73. The molecule has 4 rings (SSSR count). The van der Waals surface area contributed by atoms with Crippen molar-refractivity contribution in [3.8, 4) is 11.5 Å². The summed E-state index contributed by atoms with van der Waals surface area (Å²) in [5.74, 6) is 1.08. The summed E-state index contributed by atoms with van der Waals surface area (Å²) in [4.78, 5) is 13.2. The summed E-state index contributed by atoms with van der Waals surface area (Å²) in [6.45, 7) is 2.50. The van der Waals surface area contributed by atoms with Crippen LogP contribution in [0.1, 0.15) is 41.3 Å². The topological polar surface area (TPSA) is 67.8 Å². The summed E-state index contributed by atoms with van der Waals surface area (Å²) < 4.78 is 11.0. The Morgan fingerprint density at radius 3 is 2.80 bits per heavy atom. The molecule has 1 aliphatic carbocycles. The normalized spacial score (nSPS) is 18.0. The monoisotopic (exact) mass is 405 g/mol. The molecule has 1 aliphatic rings. The minimum absolute atomic E-state index is 0.139. The molecule has 1 atom stereocenters. The molecule has 0 fully saturated rings. The van der Waals surface area contributed by atoms with Crippen molar-refractivity contribution in [2.75, 3.05) is 20.3 Å². The highest BCUT2D eigenvalue weighted by molar-refractivity contribution is 6.09. The Balaban J connectivity index is 1.63. The fraction of sp³-hybridized carbons (Fsp3) is 0.320. The molecule has 30 heavy (non-hydrogen) atoms. The third-order valence-electron chi connectivity index (χ3n) is 5.81. The zero-order valence-electron chi connectivity index (χ0n) is 17.4. The molecule has 3 aromatic carbocycles. The van der Waals surface area contributed by atoms with E-state index in [1.54, 1.807) is 7.11 Å². The van der Waals surface area contributed by atoms with Crippen LogP contribution in [-0.2, 0) is 12.0 Å². The van der Waals surface area contributed by atoms with E-state index in [0.717, 1.165) is 40.5 Å². The van der Waals surface area contributed by atoms with Gasteiger partial charge in [-0.15, -0.1) is 0 Å². The first-order valence-corrected chi connectivity index (χ1v) is 10.4. The fourth-order valence-electron chi connectivity index (χ4n) is 4.32. The van der Waals surface area contributed by atoms with Crippen LogP contribution in [0.15, 0.2) is 54.6 Å². The molecule has 0 aliphatic heterocycles. The molecule has 0 heterocycles. The quantitative estimate of drug-likeness (QED) is 0.645. The standard InChI is InChI=1S/C25H27NO4/c1-3-30-22-13-10-17-7-4-5-9-20(17)23(22)24(27)26-16-25(28)14-6-8-18-15-19(29-2)11-12-21(18)25/h4-5,7,9-13,15,28H,3,6,8,14,16H2,1-2H3,(H,26,27). The smallest absolute Gasteiger partial charge is 0.255 e. The number of aryl methyl sites for hydroxylation is 1. The van der Waals surface area contributed by atoms with Crippen molar-refractivity contribution in [3.05, 3.63) is 71.3 Å². The highest BCUT2D eigenvalue weighted by Gasteiger charge is 2.35. The van der Waals surface area contributed by atoms with Crippen molar-refractivity contribution < 1.29 is 19.4 Å². The van der Waals surface area contributed by atoms with Gasteiger partial charge >= 0.3 is 0 Å². The summed E-state index contributed by atoms with van der Waals surface area (Å²) in [5, 5.41) is 16.2. The van der Waals surface area contributed by atoms with Crippen molar-refractivity contribution in [1.29, 1.82) is 0 Å². The van der Waals surface area contributed by atoms with Gasteiger partial charge in [0, 0.05) is 0 Å². The zero-order chi connectivity index (χ0) is 21.1. The lowest BCUT2D eigenvalue weighted by Crippen LogP contribution is -2.43. The average molecular weight is 405 g/mol. The van der Waals surface area contributed by atoms with Crippen LogP contribution < -0.4 is 14.8 Å². The Morgan fingerprint density at radius 1 is 1.17 bits per heavy atom. The van der Waals surface area contributed by atoms with Gasteiger partial charge in [0.2, 0.25) is 0 Å². The lowest BCUT2D eigenvalue weighted by atomic mass is 9.79. The Hall–Kier alpha value is -3.05. The van der Waals surface area contributed by atoms with Crippen LogP contribution in [0.2, 0.25) is 0 Å². The number of ether oxygens (including phenoxy) is 2. The van der Waals surface area contributed by atoms with Gasteiger partial charge in [0.1, 0.15) is 17.1 Å². The Morgan fingerprint density at radius 2 is 2.00 bits per heavy atom. The number of amides is 1. The highest BCUT2D eigenvalue weighted by atomic mass is 16.5. The minimum Gasteiger partial charge on any atom is -0.497 e. The zero-order valence-corrected chi connectivity index (χ0v) is 17.4. The maximum absolute atomic E-state index is 13.2. The van der Waals surface area contributed by atoms with E-state index in [1.807, 2.05) is 61.5 Å². The molecule has 0 spiro atoms. The van der Waals surface area contributed by atoms with Crippen molar-refractivity contribution >= 4 is 16.7 Å². The molecule has 5 nitrogen and oxygen atoms in total. The molecular weight excluding hydrogens is 378 g/mol. The fourth-order valence-corrected chi connectivity index (χ4v) is 4.32. The number of benzene rings is 3. The van der Waals surface area contributed by atoms with Gasteiger partial charge in [-0.3, -0.25) is 4.79 Å². The van der Waals surface area contributed by atoms with Gasteiger partial charge in [0.05, 0.1) is 25.8 Å². The Kier molecular flexibility index (Phi) is 5.64. The number of aliphatic hydroxyl groups is 1. The maximum atomic E-state index is 13.2. The maximum Gasteiger partial charge on any atom is 0.255 e. The second-order valence-corrected chi connectivity index (χ2v) is 7.68. The third-order valence-corrected chi connectivity index (χ3v) is 5.81. The highest BCUT2D eigenvalue weighted by Crippen LogP contribution is 2.37. The van der Waals surface area contributed by atoms with Crippen molar-refractivity contribution in [2.45, 2.75) is 31.8 Å². The van der Waals surface area contributed by atoms with E-state index in [4.69, 9.17) is 9.47 Å². The molecule has 0 aromatic heterocycles. The second-order valence-electron chi connectivity index (χ2n) is 7.68. The van der Waals surface area contributed by atoms with E-state index in [9.17, 15) is 9.90 Å². The van der Waals surface area contributed by atoms with Gasteiger partial charge in [-0.25, -0.2) is 0 Å². The molecule has 2 N–H and O–H groups in total. The first-order valence-electron chi connectivity index (χ1n) is 10.4. The molecule has 1 unspecified atom stereocenters. The summed E-state index contributed by atoms with van der Waals surface area (Å²) in [7, 11) is 1.64. The number of methoxy groups -OCH3 is 1. The summed E-state index contributed by atoms with van der Waals surface area (Å²) in [5.41, 5.74) is 1.32. The van der Waals surface area contributed by atoms with Gasteiger partial charge in [-0.2, -0.15) is 0 Å². The number of carbonyl (C=O) groups is 1. The molecule has 0 saturated carbocycles. The van der Waals surface area contributed by atoms with E-state index >= 15 is 0 Å². The Bertz CT molecular complexity index is 1080. The van der Waals surface area contributed by atoms with Gasteiger partial charge < -0.3 is 19.9 Å². The van der Waals surface area contributed by atoms with Crippen molar-refractivity contribution in [1.82, 2.24) is 5.32 Å². The van der Waals surface area contributed by atoms with Crippen LogP contribution in [0.5, 0.6) is 11.5 Å². The molecule has 156 valence electrons. The van der Waals surface area contributed by atoms with Crippen LogP contribution in [0, 0.1) is 0 Å². The molecule has 0 saturated heterocycles. The molecule has 3 aromatic rings. The summed E-state index contributed by atoms with van der Waals surface area (Å²) in [6.07, 6.45) is 2.34. The van der Waals surface area contributed by atoms with Crippen LogP contribution >= 0.6 is 0 Å². The van der Waals surface area contributed by atoms with Gasteiger partial charge in [0.15, 0.2) is 0 Å². The summed E-state index contributed by atoms with van der Waals surface area (Å²) in [6, 6.07) is 17.3. The number of nitrogens with one attached hydrogen (secondary N) is 1. The van der Waals surface area contributed by atoms with Crippen LogP contribution in [0.4, 0.5) is 0 Å². The minimum atomic E-state index is -1.11. The van der Waals surface area contributed by atoms with Gasteiger partial charge in [-0.05, 0) is 66.3 Å².